The quantitative estimate of drug-likeness (QED) is 0.246. The van der Waals surface area contributed by atoms with Gasteiger partial charge >= 0.3 is 0 Å². The number of carbonyl (C=O) groups excluding carboxylic acids is 1. The van der Waals surface area contributed by atoms with Gasteiger partial charge in [-0.3, -0.25) is 16.3 Å². The van der Waals surface area contributed by atoms with Gasteiger partial charge in [-0.25, -0.2) is 5.84 Å². The van der Waals surface area contributed by atoms with E-state index >= 15 is 0 Å². The average molecular weight is 161 g/mol. The molecular weight excluding hydrogens is 148 g/mol. The lowest BCUT2D eigenvalue weighted by Gasteiger charge is -2.36. The van der Waals surface area contributed by atoms with Gasteiger partial charge in [-0.2, -0.15) is 0 Å². The highest BCUT2D eigenvalue weighted by Crippen LogP contribution is 2.06. The van der Waals surface area contributed by atoms with Crippen LogP contribution in [0.2, 0.25) is 0 Å². The molecule has 0 heterocycles. The van der Waals surface area contributed by atoms with Crippen molar-refractivity contribution in [3.05, 3.63) is 0 Å². The van der Waals surface area contributed by atoms with Crippen LogP contribution in [-0.4, -0.2) is 23.2 Å². The molecule has 66 valence electrons. The summed E-state index contributed by atoms with van der Waals surface area (Å²) in [7, 11) is 0. The molecule has 0 atom stereocenters. The minimum absolute atomic E-state index is 0.261. The number of nitrogens with two attached hydrogens (primary N) is 2. The number of hydrogen-bond donors (Lipinski definition) is 3. The summed E-state index contributed by atoms with van der Waals surface area (Å²) < 4.78 is 0. The molecule has 11 heavy (non-hydrogen) atoms. The molecule has 6 heteroatoms. The Morgan fingerprint density at radius 2 is 2.18 bits per heavy atom. The number of carboxylic acid groups (broad SMARTS) is 1. The summed E-state index contributed by atoms with van der Waals surface area (Å²) in [5, 5.41) is 10.8. The molecule has 0 bridgehead atoms. The Bertz CT molecular complexity index is 147. The second kappa shape index (κ2) is 3.51. The number of rotatable bonds is 3. The highest BCUT2D eigenvalue weighted by Gasteiger charge is 2.23. The van der Waals surface area contributed by atoms with E-state index < -0.39 is 11.6 Å². The van der Waals surface area contributed by atoms with Crippen molar-refractivity contribution in [3.8, 4) is 0 Å². The third-order valence-electron chi connectivity index (χ3n) is 1.38. The van der Waals surface area contributed by atoms with Crippen molar-refractivity contribution >= 4 is 6.09 Å². The van der Waals surface area contributed by atoms with E-state index in [9.17, 15) is 9.90 Å². The summed E-state index contributed by atoms with van der Waals surface area (Å²) in [6, 6.07) is 0. The normalized spacial score (nSPS) is 11.3. The standard InChI is InChI=1S/C5H14N4O2/c1-5(2,3-8-6)9(7)4(10)11/h8H,3,6-7H2,1-2H3,(H,10,11)/p-1. The summed E-state index contributed by atoms with van der Waals surface area (Å²) >= 11 is 0. The van der Waals surface area contributed by atoms with Crippen LogP contribution >= 0.6 is 0 Å². The minimum Gasteiger partial charge on any atom is -0.529 e. The van der Waals surface area contributed by atoms with E-state index in [-0.39, 0.29) is 6.54 Å². The van der Waals surface area contributed by atoms with Crippen molar-refractivity contribution in [2.24, 2.45) is 11.7 Å². The monoisotopic (exact) mass is 161 g/mol. The fraction of sp³-hybridized carbons (Fsp3) is 0.800. The smallest absolute Gasteiger partial charge is 0.152 e. The van der Waals surface area contributed by atoms with Crippen LogP contribution < -0.4 is 22.2 Å². The molecule has 0 aromatic rings. The number of nitrogens with one attached hydrogen (secondary N) is 1. The fourth-order valence-electron chi connectivity index (χ4n) is 0.582. The summed E-state index contributed by atoms with van der Waals surface area (Å²) in [5.41, 5.74) is 1.57. The second-order valence-electron chi connectivity index (χ2n) is 2.83. The first kappa shape index (κ1) is 10.2. The molecule has 1 amide bonds. The molecule has 0 rings (SSSR count). The number of hydrazine groups is 2. The van der Waals surface area contributed by atoms with E-state index in [1.54, 1.807) is 13.8 Å². The van der Waals surface area contributed by atoms with Crippen LogP contribution in [0.3, 0.4) is 0 Å². The Labute approximate surface area is 65.1 Å². The van der Waals surface area contributed by atoms with Gasteiger partial charge in [-0.15, -0.1) is 0 Å². The molecular formula is C5H13N4O2-. The Hall–Kier alpha value is -0.850. The third-order valence-corrected chi connectivity index (χ3v) is 1.38. The zero-order valence-electron chi connectivity index (χ0n) is 6.63. The molecule has 0 saturated carbocycles. The van der Waals surface area contributed by atoms with Crippen molar-refractivity contribution in [2.45, 2.75) is 19.4 Å². The van der Waals surface area contributed by atoms with Crippen LogP contribution in [0.1, 0.15) is 13.8 Å². The van der Waals surface area contributed by atoms with Gasteiger partial charge in [0, 0.05) is 6.54 Å². The van der Waals surface area contributed by atoms with E-state index in [1.807, 2.05) is 0 Å². The molecule has 0 aromatic carbocycles. The van der Waals surface area contributed by atoms with E-state index in [0.717, 1.165) is 0 Å². The Balaban J connectivity index is 4.16. The van der Waals surface area contributed by atoms with Crippen LogP contribution in [0.25, 0.3) is 0 Å². The SMILES string of the molecule is CC(C)(CNN)N(N)C(=O)[O-]. The summed E-state index contributed by atoms with van der Waals surface area (Å²) in [6.07, 6.45) is -1.43. The Kier molecular flexibility index (Phi) is 3.24. The maximum Gasteiger partial charge on any atom is 0.152 e. The van der Waals surface area contributed by atoms with Crippen molar-refractivity contribution in [3.63, 3.8) is 0 Å². The molecule has 0 aliphatic rings. The van der Waals surface area contributed by atoms with Gasteiger partial charge in [0.25, 0.3) is 0 Å². The van der Waals surface area contributed by atoms with Crippen LogP contribution in [-0.2, 0) is 0 Å². The van der Waals surface area contributed by atoms with Gasteiger partial charge in [-0.1, -0.05) is 0 Å². The van der Waals surface area contributed by atoms with Gasteiger partial charge in [0.05, 0.1) is 5.54 Å². The lowest BCUT2D eigenvalue weighted by Crippen LogP contribution is -2.61. The van der Waals surface area contributed by atoms with Gasteiger partial charge in [0.15, 0.2) is 6.09 Å². The summed E-state index contributed by atoms with van der Waals surface area (Å²) in [6.45, 7) is 3.52. The van der Waals surface area contributed by atoms with E-state index in [4.69, 9.17) is 11.7 Å². The van der Waals surface area contributed by atoms with Crippen molar-refractivity contribution < 1.29 is 9.90 Å². The van der Waals surface area contributed by atoms with Gasteiger partial charge < -0.3 is 9.90 Å². The molecule has 0 aliphatic heterocycles. The summed E-state index contributed by atoms with van der Waals surface area (Å²) in [5.74, 6) is 10.2. The molecule has 0 unspecified atom stereocenters. The topological polar surface area (TPSA) is 107 Å². The van der Waals surface area contributed by atoms with Crippen LogP contribution in [0.15, 0.2) is 0 Å². The maximum atomic E-state index is 10.2. The highest BCUT2D eigenvalue weighted by molar-refractivity contribution is 5.62. The largest absolute Gasteiger partial charge is 0.529 e. The maximum absolute atomic E-state index is 10.2. The first-order valence-electron chi connectivity index (χ1n) is 3.11. The van der Waals surface area contributed by atoms with Crippen LogP contribution in [0.5, 0.6) is 0 Å². The predicted octanol–water partition coefficient (Wildman–Crippen LogP) is -2.25. The Morgan fingerprint density at radius 1 is 1.73 bits per heavy atom. The van der Waals surface area contributed by atoms with Crippen molar-refractivity contribution in [2.75, 3.05) is 6.54 Å². The highest BCUT2D eigenvalue weighted by atomic mass is 16.4. The van der Waals surface area contributed by atoms with Gasteiger partial charge in [0.2, 0.25) is 0 Å². The lowest BCUT2D eigenvalue weighted by molar-refractivity contribution is -0.271. The number of nitrogens with zero attached hydrogens (tertiary/aromatic N) is 1. The molecule has 0 radical (unpaired) electrons. The predicted molar refractivity (Wildman–Crippen MR) is 37.7 cm³/mol. The zero-order valence-corrected chi connectivity index (χ0v) is 6.63. The van der Waals surface area contributed by atoms with Crippen molar-refractivity contribution in [1.82, 2.24) is 10.4 Å². The van der Waals surface area contributed by atoms with E-state index in [0.29, 0.717) is 5.01 Å². The molecule has 0 aromatic heterocycles. The van der Waals surface area contributed by atoms with E-state index in [2.05, 4.69) is 5.43 Å². The average Bonchev–Trinajstić information content (AvgIpc) is 1.86. The molecule has 6 nitrogen and oxygen atoms in total. The van der Waals surface area contributed by atoms with Crippen LogP contribution in [0, 0.1) is 0 Å². The van der Waals surface area contributed by atoms with Crippen molar-refractivity contribution in [1.29, 1.82) is 0 Å². The second-order valence-corrected chi connectivity index (χ2v) is 2.83. The summed E-state index contributed by atoms with van der Waals surface area (Å²) in [4.78, 5) is 10.2. The first-order valence-corrected chi connectivity index (χ1v) is 3.11. The molecule has 0 saturated heterocycles. The van der Waals surface area contributed by atoms with Crippen LogP contribution in [0.4, 0.5) is 4.79 Å². The molecule has 5 N–H and O–H groups in total. The lowest BCUT2D eigenvalue weighted by atomic mass is 10.1. The fourth-order valence-corrected chi connectivity index (χ4v) is 0.582. The molecule has 0 fully saturated rings. The van der Waals surface area contributed by atoms with Gasteiger partial charge in [0.1, 0.15) is 0 Å². The third kappa shape index (κ3) is 2.71. The number of carbonyl (C=O) groups is 1. The molecule has 0 spiro atoms. The number of amides is 1. The molecule has 0 aliphatic carbocycles. The first-order chi connectivity index (χ1) is 4.91. The minimum atomic E-state index is -1.43. The van der Waals surface area contributed by atoms with E-state index in [1.165, 1.54) is 0 Å². The van der Waals surface area contributed by atoms with Gasteiger partial charge in [-0.05, 0) is 13.8 Å². The Morgan fingerprint density at radius 3 is 2.45 bits per heavy atom. The zero-order chi connectivity index (χ0) is 9.07. The number of hydrogen-bond acceptors (Lipinski definition) is 5.